The van der Waals surface area contributed by atoms with Crippen molar-refractivity contribution in [1.82, 2.24) is 9.97 Å². The fourth-order valence-corrected chi connectivity index (χ4v) is 1.40. The number of nitrogens with one attached hydrogen (secondary N) is 1. The van der Waals surface area contributed by atoms with Crippen LogP contribution in [-0.4, -0.2) is 15.7 Å². The van der Waals surface area contributed by atoms with Gasteiger partial charge in [-0.25, -0.2) is 0 Å². The lowest BCUT2D eigenvalue weighted by Crippen LogP contribution is -2.02. The molecule has 0 atom stereocenters. The van der Waals surface area contributed by atoms with Gasteiger partial charge < -0.3 is 11.1 Å². The zero-order chi connectivity index (χ0) is 12.1. The Bertz CT molecular complexity index is 532. The van der Waals surface area contributed by atoms with Crippen LogP contribution >= 0.6 is 0 Å². The molecule has 4 heteroatoms. The molecule has 0 saturated carbocycles. The van der Waals surface area contributed by atoms with Gasteiger partial charge in [0.25, 0.3) is 0 Å². The summed E-state index contributed by atoms with van der Waals surface area (Å²) in [6.45, 7) is 0. The molecule has 0 unspecified atom stereocenters. The molecule has 3 N–H and O–H groups in total. The van der Waals surface area contributed by atoms with E-state index in [1.807, 2.05) is 12.1 Å². The molecule has 2 rings (SSSR count). The number of pyridine rings is 2. The third-order valence-electron chi connectivity index (χ3n) is 2.30. The van der Waals surface area contributed by atoms with Crippen LogP contribution < -0.4 is 5.73 Å². The average Bonchev–Trinajstić information content (AvgIpc) is 2.40. The van der Waals surface area contributed by atoms with Crippen LogP contribution in [0.4, 0.5) is 0 Å². The molecule has 0 spiro atoms. The van der Waals surface area contributed by atoms with E-state index in [1.165, 1.54) is 0 Å². The largest absolute Gasteiger partial charge is 0.398 e. The molecule has 0 saturated heterocycles. The molecule has 2 aromatic rings. The molecule has 0 bridgehead atoms. The molecule has 0 aliphatic rings. The summed E-state index contributed by atoms with van der Waals surface area (Å²) in [5.74, 6) is 0. The first-order valence-electron chi connectivity index (χ1n) is 5.14. The normalized spacial score (nSPS) is 11.2. The van der Waals surface area contributed by atoms with Crippen LogP contribution in [0.3, 0.4) is 0 Å². The number of allylic oxidation sites excluding steroid dienone is 1. The minimum atomic E-state index is 0.363. The smallest absolute Gasteiger partial charge is 0.0634 e. The highest BCUT2D eigenvalue weighted by Crippen LogP contribution is 2.08. The maximum Gasteiger partial charge on any atom is 0.0634 e. The minimum Gasteiger partial charge on any atom is -0.398 e. The van der Waals surface area contributed by atoms with Gasteiger partial charge in [-0.05, 0) is 30.3 Å². The van der Waals surface area contributed by atoms with Gasteiger partial charge in [-0.2, -0.15) is 0 Å². The molecular weight excluding hydrogens is 212 g/mol. The van der Waals surface area contributed by atoms with E-state index in [9.17, 15) is 0 Å². The van der Waals surface area contributed by atoms with Crippen molar-refractivity contribution in [2.75, 3.05) is 0 Å². The molecule has 0 aliphatic carbocycles. The molecule has 17 heavy (non-hydrogen) atoms. The van der Waals surface area contributed by atoms with Crippen LogP contribution in [0.1, 0.15) is 11.1 Å². The quantitative estimate of drug-likeness (QED) is 0.781. The second kappa shape index (κ2) is 5.03. The maximum atomic E-state index is 7.91. The minimum absolute atomic E-state index is 0.363. The van der Waals surface area contributed by atoms with Crippen molar-refractivity contribution in [1.29, 1.82) is 5.41 Å². The SMILES string of the molecule is N=C(/C=C(\N)c1ccncc1)c1ccncc1. The first-order valence-corrected chi connectivity index (χ1v) is 5.14. The Morgan fingerprint density at radius 3 is 1.94 bits per heavy atom. The summed E-state index contributed by atoms with van der Waals surface area (Å²) in [5, 5.41) is 7.91. The average molecular weight is 224 g/mol. The Kier molecular flexibility index (Phi) is 3.25. The van der Waals surface area contributed by atoms with Crippen molar-refractivity contribution in [2.24, 2.45) is 5.73 Å². The molecule has 0 radical (unpaired) electrons. The van der Waals surface area contributed by atoms with Crippen LogP contribution in [0.2, 0.25) is 0 Å². The lowest BCUT2D eigenvalue weighted by atomic mass is 10.1. The standard InChI is InChI=1S/C13H12N4/c14-12(10-1-5-16-6-2-10)9-13(15)11-3-7-17-8-4-11/h1-9,14H,15H2/b13-9-,14-12?. The molecule has 4 nitrogen and oxygen atoms in total. The highest BCUT2D eigenvalue weighted by Gasteiger charge is 2.00. The van der Waals surface area contributed by atoms with Gasteiger partial charge in [0.2, 0.25) is 0 Å². The fourth-order valence-electron chi connectivity index (χ4n) is 1.40. The van der Waals surface area contributed by atoms with Gasteiger partial charge in [0, 0.05) is 41.6 Å². The lowest BCUT2D eigenvalue weighted by Gasteiger charge is -2.02. The van der Waals surface area contributed by atoms with Crippen molar-refractivity contribution in [3.05, 3.63) is 66.3 Å². The van der Waals surface area contributed by atoms with Crippen LogP contribution in [0.5, 0.6) is 0 Å². The summed E-state index contributed by atoms with van der Waals surface area (Å²) < 4.78 is 0. The third-order valence-corrected chi connectivity index (χ3v) is 2.30. The number of nitrogens with two attached hydrogens (primary N) is 1. The predicted octanol–water partition coefficient (Wildman–Crippen LogP) is 1.84. The topological polar surface area (TPSA) is 75.7 Å². The summed E-state index contributed by atoms with van der Waals surface area (Å²) in [5.41, 5.74) is 8.47. The van der Waals surface area contributed by atoms with Gasteiger partial charge in [0.1, 0.15) is 0 Å². The van der Waals surface area contributed by atoms with Gasteiger partial charge in [-0.1, -0.05) is 0 Å². The lowest BCUT2D eigenvalue weighted by molar-refractivity contribution is 1.31. The van der Waals surface area contributed by atoms with Crippen molar-refractivity contribution in [2.45, 2.75) is 0 Å². The van der Waals surface area contributed by atoms with E-state index in [4.69, 9.17) is 11.1 Å². The second-order valence-electron chi connectivity index (χ2n) is 3.49. The van der Waals surface area contributed by atoms with E-state index in [1.54, 1.807) is 43.0 Å². The van der Waals surface area contributed by atoms with Crippen molar-refractivity contribution < 1.29 is 0 Å². The Hall–Kier alpha value is -2.49. The summed E-state index contributed by atoms with van der Waals surface area (Å²) in [4.78, 5) is 7.83. The highest BCUT2D eigenvalue weighted by atomic mass is 14.6. The van der Waals surface area contributed by atoms with Gasteiger partial charge in [-0.15, -0.1) is 0 Å². The number of nitrogens with zero attached hydrogens (tertiary/aromatic N) is 2. The first-order chi connectivity index (χ1) is 8.27. The van der Waals surface area contributed by atoms with Crippen LogP contribution in [0.15, 0.2) is 55.1 Å². The summed E-state index contributed by atoms with van der Waals surface area (Å²) in [6.07, 6.45) is 8.28. The van der Waals surface area contributed by atoms with Gasteiger partial charge >= 0.3 is 0 Å². The molecule has 0 aliphatic heterocycles. The monoisotopic (exact) mass is 224 g/mol. The zero-order valence-electron chi connectivity index (χ0n) is 9.17. The van der Waals surface area contributed by atoms with Crippen LogP contribution in [-0.2, 0) is 0 Å². The molecule has 0 amide bonds. The predicted molar refractivity (Wildman–Crippen MR) is 67.5 cm³/mol. The molecule has 84 valence electrons. The zero-order valence-corrected chi connectivity index (χ0v) is 9.17. The number of hydrogen-bond acceptors (Lipinski definition) is 4. The van der Waals surface area contributed by atoms with E-state index in [2.05, 4.69) is 9.97 Å². The maximum absolute atomic E-state index is 7.91. The van der Waals surface area contributed by atoms with Crippen molar-refractivity contribution in [3.8, 4) is 0 Å². The number of rotatable bonds is 3. The van der Waals surface area contributed by atoms with E-state index in [-0.39, 0.29) is 0 Å². The second-order valence-corrected chi connectivity index (χ2v) is 3.49. The first kappa shape index (κ1) is 11.0. The van der Waals surface area contributed by atoms with E-state index in [0.717, 1.165) is 11.1 Å². The van der Waals surface area contributed by atoms with E-state index < -0.39 is 0 Å². The van der Waals surface area contributed by atoms with Gasteiger partial charge in [-0.3, -0.25) is 9.97 Å². The molecular formula is C13H12N4. The molecule has 0 aromatic carbocycles. The third kappa shape index (κ3) is 2.75. The summed E-state index contributed by atoms with van der Waals surface area (Å²) in [6, 6.07) is 7.18. The Morgan fingerprint density at radius 1 is 0.941 bits per heavy atom. The van der Waals surface area contributed by atoms with Crippen molar-refractivity contribution in [3.63, 3.8) is 0 Å². The highest BCUT2D eigenvalue weighted by molar-refractivity contribution is 6.09. The Balaban J connectivity index is 2.24. The van der Waals surface area contributed by atoms with Crippen LogP contribution in [0, 0.1) is 5.41 Å². The molecule has 0 fully saturated rings. The number of aromatic nitrogens is 2. The van der Waals surface area contributed by atoms with E-state index in [0.29, 0.717) is 11.4 Å². The Labute approximate surface area is 99.4 Å². The Morgan fingerprint density at radius 2 is 1.41 bits per heavy atom. The van der Waals surface area contributed by atoms with Crippen LogP contribution in [0.25, 0.3) is 5.70 Å². The molecule has 2 aromatic heterocycles. The van der Waals surface area contributed by atoms with Gasteiger partial charge in [0.05, 0.1) is 5.71 Å². The number of hydrogen-bond donors (Lipinski definition) is 2. The van der Waals surface area contributed by atoms with Gasteiger partial charge in [0.15, 0.2) is 0 Å². The molecule has 2 heterocycles. The van der Waals surface area contributed by atoms with Crippen molar-refractivity contribution >= 4 is 11.4 Å². The van der Waals surface area contributed by atoms with E-state index >= 15 is 0 Å². The summed E-state index contributed by atoms with van der Waals surface area (Å²) in [7, 11) is 0. The fraction of sp³-hybridized carbons (Fsp3) is 0. The summed E-state index contributed by atoms with van der Waals surface area (Å²) >= 11 is 0.